The van der Waals surface area contributed by atoms with E-state index in [2.05, 4.69) is 14.7 Å². The third-order valence-electron chi connectivity index (χ3n) is 2.45. The van der Waals surface area contributed by atoms with Crippen LogP contribution in [0.5, 0.6) is 0 Å². The van der Waals surface area contributed by atoms with Crippen LogP contribution in [0.4, 0.5) is 5.69 Å². The minimum Gasteiger partial charge on any atom is -0.313 e. The van der Waals surface area contributed by atoms with Crippen molar-refractivity contribution in [2.24, 2.45) is 0 Å². The van der Waals surface area contributed by atoms with Crippen molar-refractivity contribution in [1.29, 1.82) is 0 Å². The number of sulfonamides is 1. The highest BCUT2D eigenvalue weighted by Crippen LogP contribution is 2.28. The molecule has 0 unspecified atom stereocenters. The molecule has 0 aliphatic heterocycles. The molecule has 11 heteroatoms. The van der Waals surface area contributed by atoms with Crippen molar-refractivity contribution in [3.63, 3.8) is 0 Å². The van der Waals surface area contributed by atoms with Gasteiger partial charge in [-0.1, -0.05) is 23.2 Å². The van der Waals surface area contributed by atoms with Gasteiger partial charge in [-0.3, -0.25) is 14.5 Å². The van der Waals surface area contributed by atoms with Gasteiger partial charge in [0.1, 0.15) is 5.15 Å². The van der Waals surface area contributed by atoms with E-state index in [9.17, 15) is 18.0 Å². The first kappa shape index (κ1) is 15.5. The molecule has 0 aromatic carbocycles. The van der Waals surface area contributed by atoms with E-state index < -0.39 is 26.2 Å². The van der Waals surface area contributed by atoms with E-state index >= 15 is 0 Å². The van der Waals surface area contributed by atoms with Gasteiger partial charge in [0, 0.05) is 6.20 Å². The summed E-state index contributed by atoms with van der Waals surface area (Å²) in [6.07, 6.45) is 0.788. The molecule has 2 aromatic rings. The minimum atomic E-state index is -4.25. The molecule has 8 nitrogen and oxygen atoms in total. The number of aryl methyl sites for hydroxylation is 1. The number of rotatable bonds is 3. The van der Waals surface area contributed by atoms with Crippen molar-refractivity contribution < 1.29 is 8.42 Å². The summed E-state index contributed by atoms with van der Waals surface area (Å²) in [5.74, 6) is 0. The van der Waals surface area contributed by atoms with Crippen molar-refractivity contribution in [2.75, 3.05) is 4.72 Å². The van der Waals surface area contributed by atoms with Gasteiger partial charge in [0.15, 0.2) is 10.0 Å². The lowest BCUT2D eigenvalue weighted by Gasteiger charge is -2.11. The molecule has 2 rings (SSSR count). The third kappa shape index (κ3) is 3.26. The van der Waals surface area contributed by atoms with Crippen LogP contribution in [-0.2, 0) is 10.0 Å². The van der Waals surface area contributed by atoms with E-state index in [1.54, 1.807) is 6.92 Å². The molecule has 0 fully saturated rings. The summed E-state index contributed by atoms with van der Waals surface area (Å²) in [6.45, 7) is 1.56. The summed E-state index contributed by atoms with van der Waals surface area (Å²) in [6, 6.07) is 1.41. The fourth-order valence-corrected chi connectivity index (χ4v) is 3.28. The first-order valence-corrected chi connectivity index (χ1v) is 7.62. The number of halogens is 2. The Balaban J connectivity index is 2.52. The molecule has 0 aliphatic carbocycles. The fourth-order valence-electron chi connectivity index (χ4n) is 1.50. The Kier molecular flexibility index (Phi) is 4.08. The van der Waals surface area contributed by atoms with E-state index in [4.69, 9.17) is 23.2 Å². The highest BCUT2D eigenvalue weighted by Gasteiger charge is 2.21. The van der Waals surface area contributed by atoms with Gasteiger partial charge < -0.3 is 4.98 Å². The monoisotopic (exact) mass is 350 g/mol. The lowest BCUT2D eigenvalue weighted by Crippen LogP contribution is -2.29. The molecule has 0 saturated carbocycles. The van der Waals surface area contributed by atoms with Gasteiger partial charge in [-0.25, -0.2) is 18.2 Å². The maximum Gasteiger partial charge on any atom is 0.325 e. The number of pyridine rings is 1. The number of nitrogens with zero attached hydrogens (tertiary/aromatic N) is 1. The average Bonchev–Trinajstić information content (AvgIpc) is 2.33. The molecule has 112 valence electrons. The second kappa shape index (κ2) is 5.51. The lowest BCUT2D eigenvalue weighted by molar-refractivity contribution is 0.599. The zero-order valence-corrected chi connectivity index (χ0v) is 12.7. The second-order valence-electron chi connectivity index (χ2n) is 3.97. The molecule has 0 aliphatic rings. The van der Waals surface area contributed by atoms with Gasteiger partial charge in [-0.15, -0.1) is 0 Å². The van der Waals surface area contributed by atoms with Gasteiger partial charge in [0.2, 0.25) is 0 Å². The first-order valence-electron chi connectivity index (χ1n) is 5.38. The largest absolute Gasteiger partial charge is 0.325 e. The molecule has 3 N–H and O–H groups in total. The Hall–Kier alpha value is -1.84. The van der Waals surface area contributed by atoms with Crippen molar-refractivity contribution in [2.45, 2.75) is 11.8 Å². The molecule has 0 saturated heterocycles. The molecule has 0 radical (unpaired) electrons. The van der Waals surface area contributed by atoms with Crippen LogP contribution < -0.4 is 16.0 Å². The van der Waals surface area contributed by atoms with Crippen LogP contribution in [0.15, 0.2) is 26.7 Å². The standard InChI is InChI=1S/C10H8Cl2N4O4S/c1-4-2-6(11)14-8(12)7(4)16-21(19,20)5-3-13-10(18)15-9(5)17/h2-3,16H,1H3,(H2,13,15,17,18). The van der Waals surface area contributed by atoms with E-state index in [0.29, 0.717) is 5.56 Å². The zero-order valence-electron chi connectivity index (χ0n) is 10.4. The Morgan fingerprint density at radius 1 is 1.29 bits per heavy atom. The summed E-state index contributed by atoms with van der Waals surface area (Å²) < 4.78 is 26.4. The molecular formula is C10H8Cl2N4O4S. The number of anilines is 1. The highest BCUT2D eigenvalue weighted by atomic mass is 35.5. The average molecular weight is 351 g/mol. The topological polar surface area (TPSA) is 125 Å². The number of H-pyrrole nitrogens is 2. The molecule has 2 aromatic heterocycles. The number of aromatic amines is 2. The van der Waals surface area contributed by atoms with Gasteiger partial charge >= 0.3 is 5.69 Å². The minimum absolute atomic E-state index is 0.00772. The molecule has 2 heterocycles. The summed E-state index contributed by atoms with van der Waals surface area (Å²) in [5, 5.41) is -0.0632. The lowest BCUT2D eigenvalue weighted by atomic mass is 10.3. The van der Waals surface area contributed by atoms with Crippen molar-refractivity contribution in [3.8, 4) is 0 Å². The molecule has 0 atom stereocenters. The Bertz CT molecular complexity index is 896. The molecular weight excluding hydrogens is 343 g/mol. The molecule has 0 bridgehead atoms. The zero-order chi connectivity index (χ0) is 15.8. The van der Waals surface area contributed by atoms with E-state index in [1.165, 1.54) is 6.07 Å². The summed E-state index contributed by atoms with van der Waals surface area (Å²) in [7, 11) is -4.25. The summed E-state index contributed by atoms with van der Waals surface area (Å²) >= 11 is 11.5. The maximum absolute atomic E-state index is 12.2. The summed E-state index contributed by atoms with van der Waals surface area (Å²) in [4.78, 5) is 29.4. The van der Waals surface area contributed by atoms with Crippen LogP contribution in [0.2, 0.25) is 10.3 Å². The quantitative estimate of drug-likeness (QED) is 0.708. The Morgan fingerprint density at radius 3 is 2.52 bits per heavy atom. The molecule has 0 spiro atoms. The van der Waals surface area contributed by atoms with Gasteiger partial charge in [-0.2, -0.15) is 0 Å². The van der Waals surface area contributed by atoms with Crippen LogP contribution in [0.1, 0.15) is 5.56 Å². The SMILES string of the molecule is Cc1cc(Cl)nc(Cl)c1NS(=O)(=O)c1c[nH]c(=O)[nH]c1=O. The fraction of sp³-hybridized carbons (Fsp3) is 0.100. The normalized spacial score (nSPS) is 11.4. The predicted molar refractivity (Wildman–Crippen MR) is 77.5 cm³/mol. The van der Waals surface area contributed by atoms with Crippen LogP contribution in [0.25, 0.3) is 0 Å². The van der Waals surface area contributed by atoms with Gasteiger partial charge in [0.05, 0.1) is 5.69 Å². The van der Waals surface area contributed by atoms with Crippen LogP contribution >= 0.6 is 23.2 Å². The predicted octanol–water partition coefficient (Wildman–Crippen LogP) is 0.874. The number of aromatic nitrogens is 3. The maximum atomic E-state index is 12.2. The molecule has 21 heavy (non-hydrogen) atoms. The summed E-state index contributed by atoms with van der Waals surface area (Å²) in [5.41, 5.74) is -1.46. The van der Waals surface area contributed by atoms with Gasteiger partial charge in [-0.05, 0) is 18.6 Å². The van der Waals surface area contributed by atoms with Crippen LogP contribution in [0, 0.1) is 6.92 Å². The second-order valence-corrected chi connectivity index (χ2v) is 6.37. The Labute approximate surface area is 128 Å². The molecule has 0 amide bonds. The smallest absolute Gasteiger partial charge is 0.313 e. The number of hydrogen-bond acceptors (Lipinski definition) is 5. The number of nitrogens with one attached hydrogen (secondary N) is 3. The van der Waals surface area contributed by atoms with Crippen molar-refractivity contribution in [1.82, 2.24) is 15.0 Å². The van der Waals surface area contributed by atoms with Crippen molar-refractivity contribution in [3.05, 3.63) is 49.0 Å². The van der Waals surface area contributed by atoms with Gasteiger partial charge in [0.25, 0.3) is 15.6 Å². The van der Waals surface area contributed by atoms with E-state index in [-0.39, 0.29) is 16.0 Å². The van der Waals surface area contributed by atoms with E-state index in [1.807, 2.05) is 4.98 Å². The van der Waals surface area contributed by atoms with Crippen LogP contribution in [-0.4, -0.2) is 23.4 Å². The first-order chi connectivity index (χ1) is 9.70. The highest BCUT2D eigenvalue weighted by molar-refractivity contribution is 7.92. The van der Waals surface area contributed by atoms with Crippen LogP contribution in [0.3, 0.4) is 0 Å². The third-order valence-corrected chi connectivity index (χ3v) is 4.27. The Morgan fingerprint density at radius 2 is 1.95 bits per heavy atom. The van der Waals surface area contributed by atoms with E-state index in [0.717, 1.165) is 6.20 Å². The van der Waals surface area contributed by atoms with Crippen molar-refractivity contribution >= 4 is 38.9 Å². The number of hydrogen-bond donors (Lipinski definition) is 3.